The summed E-state index contributed by atoms with van der Waals surface area (Å²) in [5.41, 5.74) is 1.53. The van der Waals surface area contributed by atoms with Gasteiger partial charge in [-0.3, -0.25) is 0 Å². The predicted molar refractivity (Wildman–Crippen MR) is 122 cm³/mol. The number of hydrogen-bond acceptors (Lipinski definition) is 7. The third kappa shape index (κ3) is 3.61. The Balaban J connectivity index is 1.31. The van der Waals surface area contributed by atoms with Crippen LogP contribution in [0, 0.1) is 11.7 Å². The molecule has 166 valence electrons. The summed E-state index contributed by atoms with van der Waals surface area (Å²) < 4.78 is 20.7. The van der Waals surface area contributed by atoms with Crippen LogP contribution in [0.1, 0.15) is 25.7 Å². The second-order valence-electron chi connectivity index (χ2n) is 8.83. The maximum Gasteiger partial charge on any atom is 0.169 e. The van der Waals surface area contributed by atoms with Crippen molar-refractivity contribution < 1.29 is 9.13 Å². The van der Waals surface area contributed by atoms with Gasteiger partial charge in [0.1, 0.15) is 28.4 Å². The van der Waals surface area contributed by atoms with Crippen molar-refractivity contribution >= 4 is 40.0 Å². The molecule has 2 unspecified atom stereocenters. The molecule has 2 saturated heterocycles. The fraction of sp³-hybridized carbons (Fsp3) is 0.435. The number of halogens is 2. The first-order valence-corrected chi connectivity index (χ1v) is 11.5. The molecule has 2 bridgehead atoms. The molecule has 6 rings (SSSR count). The lowest BCUT2D eigenvalue weighted by Gasteiger charge is -2.36. The molecule has 4 heterocycles. The summed E-state index contributed by atoms with van der Waals surface area (Å²) in [6.45, 7) is 2.50. The summed E-state index contributed by atoms with van der Waals surface area (Å²) >= 11 is 6.25. The van der Waals surface area contributed by atoms with Crippen LogP contribution in [0.4, 0.5) is 21.7 Å². The Morgan fingerprint density at radius 2 is 1.91 bits per heavy atom. The van der Waals surface area contributed by atoms with E-state index < -0.39 is 5.82 Å². The number of nitrogens with one attached hydrogen (secondary N) is 2. The van der Waals surface area contributed by atoms with E-state index in [9.17, 15) is 0 Å². The smallest absolute Gasteiger partial charge is 0.169 e. The average molecular weight is 455 g/mol. The molecule has 2 atom stereocenters. The van der Waals surface area contributed by atoms with Crippen molar-refractivity contribution in [2.45, 2.75) is 37.8 Å². The Morgan fingerprint density at radius 1 is 1.09 bits per heavy atom. The minimum absolute atomic E-state index is 0.0277. The van der Waals surface area contributed by atoms with Crippen molar-refractivity contribution in [1.29, 1.82) is 0 Å². The van der Waals surface area contributed by atoms with Crippen LogP contribution in [-0.2, 0) is 0 Å². The molecule has 7 nitrogen and oxygen atoms in total. The van der Waals surface area contributed by atoms with Crippen LogP contribution in [0.5, 0.6) is 5.75 Å². The highest BCUT2D eigenvalue weighted by molar-refractivity contribution is 6.32. The quantitative estimate of drug-likeness (QED) is 0.575. The standard InChI is InChI=1S/C23H24ClFN6O/c24-20-18(32-11-13-1-2-13)7-5-16(21(20)25)29-23-22-17(27-12-28-23)6-8-19(30-22)31-14-3-4-15(31)10-26-9-14/h5-8,12-15,26H,1-4,9-11H2,(H,27,28,29). The Morgan fingerprint density at radius 3 is 2.69 bits per heavy atom. The zero-order valence-electron chi connectivity index (χ0n) is 17.5. The van der Waals surface area contributed by atoms with Crippen molar-refractivity contribution in [3.63, 3.8) is 0 Å². The van der Waals surface area contributed by atoms with Gasteiger partial charge in [-0.1, -0.05) is 11.6 Å². The lowest BCUT2D eigenvalue weighted by Crippen LogP contribution is -2.52. The summed E-state index contributed by atoms with van der Waals surface area (Å²) in [5, 5.41) is 6.53. The summed E-state index contributed by atoms with van der Waals surface area (Å²) in [6.07, 6.45) is 6.09. The molecule has 32 heavy (non-hydrogen) atoms. The van der Waals surface area contributed by atoms with Gasteiger partial charge in [0.15, 0.2) is 11.6 Å². The number of nitrogens with zero attached hydrogens (tertiary/aromatic N) is 4. The van der Waals surface area contributed by atoms with Crippen LogP contribution in [0.2, 0.25) is 5.02 Å². The molecule has 2 N–H and O–H groups in total. The SMILES string of the molecule is Fc1c(Nc2ncnc3ccc(N4C5CCC4CNC5)nc23)ccc(OCC2CC2)c1Cl. The molecule has 0 radical (unpaired) electrons. The molecule has 1 saturated carbocycles. The second kappa shape index (κ2) is 8.01. The molecular weight excluding hydrogens is 431 g/mol. The molecule has 0 spiro atoms. The molecular formula is C23H24ClFN6O. The van der Waals surface area contributed by atoms with Gasteiger partial charge in [-0.2, -0.15) is 0 Å². The van der Waals surface area contributed by atoms with Gasteiger partial charge in [0.05, 0.1) is 17.8 Å². The van der Waals surface area contributed by atoms with E-state index in [1.54, 1.807) is 12.1 Å². The van der Waals surface area contributed by atoms with Crippen LogP contribution < -0.4 is 20.3 Å². The van der Waals surface area contributed by atoms with E-state index in [1.165, 1.54) is 6.33 Å². The van der Waals surface area contributed by atoms with Gasteiger partial charge in [0, 0.05) is 25.2 Å². The minimum Gasteiger partial charge on any atom is -0.492 e. The lowest BCUT2D eigenvalue weighted by atomic mass is 10.2. The molecule has 3 aliphatic rings. The van der Waals surface area contributed by atoms with E-state index in [2.05, 4.69) is 25.5 Å². The highest BCUT2D eigenvalue weighted by Gasteiger charge is 2.37. The number of ether oxygens (including phenoxy) is 1. The first-order chi connectivity index (χ1) is 15.7. The highest BCUT2D eigenvalue weighted by Crippen LogP contribution is 2.37. The number of fused-ring (bicyclic) bond motifs is 3. The molecule has 3 aromatic rings. The number of piperazine rings is 1. The van der Waals surface area contributed by atoms with Gasteiger partial charge in [-0.05, 0) is 55.9 Å². The van der Waals surface area contributed by atoms with Gasteiger partial charge in [-0.25, -0.2) is 19.3 Å². The van der Waals surface area contributed by atoms with Crippen molar-refractivity contribution in [2.24, 2.45) is 5.92 Å². The molecule has 2 aromatic heterocycles. The van der Waals surface area contributed by atoms with Gasteiger partial charge >= 0.3 is 0 Å². The van der Waals surface area contributed by atoms with Gasteiger partial charge in [0.2, 0.25) is 0 Å². The Hall–Kier alpha value is -2.71. The number of anilines is 3. The van der Waals surface area contributed by atoms with Crippen LogP contribution in [0.25, 0.3) is 11.0 Å². The van der Waals surface area contributed by atoms with E-state index in [4.69, 9.17) is 21.3 Å². The van der Waals surface area contributed by atoms with E-state index in [0.717, 1.165) is 44.6 Å². The fourth-order valence-electron chi connectivity index (χ4n) is 4.68. The normalized spacial score (nSPS) is 22.4. The fourth-order valence-corrected chi connectivity index (χ4v) is 4.90. The third-order valence-electron chi connectivity index (χ3n) is 6.58. The molecule has 2 aliphatic heterocycles. The van der Waals surface area contributed by atoms with Crippen LogP contribution in [-0.4, -0.2) is 46.7 Å². The maximum absolute atomic E-state index is 15.0. The van der Waals surface area contributed by atoms with Crippen molar-refractivity contribution in [3.8, 4) is 5.75 Å². The van der Waals surface area contributed by atoms with Crippen molar-refractivity contribution in [2.75, 3.05) is 29.9 Å². The van der Waals surface area contributed by atoms with E-state index in [1.807, 2.05) is 12.1 Å². The van der Waals surface area contributed by atoms with E-state index in [0.29, 0.717) is 47.2 Å². The Labute approximate surface area is 190 Å². The summed E-state index contributed by atoms with van der Waals surface area (Å²) in [5.74, 6) is 1.71. The first-order valence-electron chi connectivity index (χ1n) is 11.2. The number of benzene rings is 1. The van der Waals surface area contributed by atoms with E-state index >= 15 is 4.39 Å². The molecule has 9 heteroatoms. The topological polar surface area (TPSA) is 75.2 Å². The number of pyridine rings is 1. The summed E-state index contributed by atoms with van der Waals surface area (Å²) in [4.78, 5) is 16.0. The lowest BCUT2D eigenvalue weighted by molar-refractivity contribution is 0.298. The van der Waals surface area contributed by atoms with Gasteiger partial charge in [-0.15, -0.1) is 0 Å². The minimum atomic E-state index is -0.567. The number of rotatable bonds is 6. The van der Waals surface area contributed by atoms with Crippen molar-refractivity contribution in [3.05, 3.63) is 41.4 Å². The van der Waals surface area contributed by atoms with Crippen LogP contribution >= 0.6 is 11.6 Å². The molecule has 1 aliphatic carbocycles. The second-order valence-corrected chi connectivity index (χ2v) is 9.21. The van der Waals surface area contributed by atoms with Gasteiger partial charge < -0.3 is 20.3 Å². The Bertz CT molecular complexity index is 1160. The third-order valence-corrected chi connectivity index (χ3v) is 6.94. The zero-order valence-corrected chi connectivity index (χ0v) is 18.3. The molecule has 0 amide bonds. The Kier molecular flexibility index (Phi) is 4.99. The zero-order chi connectivity index (χ0) is 21.7. The molecule has 1 aromatic carbocycles. The number of hydrogen-bond donors (Lipinski definition) is 2. The van der Waals surface area contributed by atoms with Crippen LogP contribution in [0.3, 0.4) is 0 Å². The summed E-state index contributed by atoms with van der Waals surface area (Å²) in [7, 11) is 0. The maximum atomic E-state index is 15.0. The summed E-state index contributed by atoms with van der Waals surface area (Å²) in [6, 6.07) is 8.16. The van der Waals surface area contributed by atoms with Crippen molar-refractivity contribution in [1.82, 2.24) is 20.3 Å². The highest BCUT2D eigenvalue weighted by atomic mass is 35.5. The van der Waals surface area contributed by atoms with E-state index in [-0.39, 0.29) is 10.7 Å². The largest absolute Gasteiger partial charge is 0.492 e. The average Bonchev–Trinajstić information content (AvgIpc) is 3.61. The monoisotopic (exact) mass is 454 g/mol. The molecule has 3 fully saturated rings. The predicted octanol–water partition coefficient (Wildman–Crippen LogP) is 4.29. The van der Waals surface area contributed by atoms with Gasteiger partial charge in [0.25, 0.3) is 0 Å². The number of aromatic nitrogens is 3. The first kappa shape index (κ1) is 19.9. The van der Waals surface area contributed by atoms with Crippen LogP contribution in [0.15, 0.2) is 30.6 Å².